The normalized spacial score (nSPS) is 12.1. The van der Waals surface area contributed by atoms with E-state index in [1.165, 1.54) is 19.5 Å². The molecule has 1 atom stereocenters. The number of hydrogen-bond donors (Lipinski definition) is 1. The van der Waals surface area contributed by atoms with E-state index < -0.39 is 6.10 Å². The van der Waals surface area contributed by atoms with Gasteiger partial charge in [0.2, 0.25) is 5.88 Å². The van der Waals surface area contributed by atoms with Gasteiger partial charge >= 0.3 is 0 Å². The Balaban J connectivity index is 2.17. The molecule has 1 N–H and O–H groups in total. The lowest BCUT2D eigenvalue weighted by atomic mass is 10.1. The Morgan fingerprint density at radius 3 is 2.82 bits per heavy atom. The van der Waals surface area contributed by atoms with E-state index in [-0.39, 0.29) is 0 Å². The first-order valence-electron chi connectivity index (χ1n) is 5.23. The third-order valence-electron chi connectivity index (χ3n) is 2.35. The van der Waals surface area contributed by atoms with E-state index in [2.05, 4.69) is 15.0 Å². The molecule has 17 heavy (non-hydrogen) atoms. The highest BCUT2D eigenvalue weighted by molar-refractivity contribution is 5.22. The van der Waals surface area contributed by atoms with Gasteiger partial charge in [0.25, 0.3) is 0 Å². The summed E-state index contributed by atoms with van der Waals surface area (Å²) in [6.45, 7) is 0. The van der Waals surface area contributed by atoms with Crippen LogP contribution in [0.3, 0.4) is 0 Å². The molecule has 0 amide bonds. The summed E-state index contributed by atoms with van der Waals surface area (Å²) in [4.78, 5) is 12.1. The summed E-state index contributed by atoms with van der Waals surface area (Å²) in [5, 5.41) is 10.1. The Kier molecular flexibility index (Phi) is 3.62. The lowest BCUT2D eigenvalue weighted by molar-refractivity contribution is 0.167. The number of nitrogens with zero attached hydrogens (tertiary/aromatic N) is 3. The average Bonchev–Trinajstić information content (AvgIpc) is 2.40. The van der Waals surface area contributed by atoms with Crippen molar-refractivity contribution in [3.8, 4) is 5.88 Å². The zero-order valence-corrected chi connectivity index (χ0v) is 9.45. The Hall–Kier alpha value is -2.01. The van der Waals surface area contributed by atoms with Crippen LogP contribution in [-0.2, 0) is 6.42 Å². The second kappa shape index (κ2) is 5.36. The van der Waals surface area contributed by atoms with Gasteiger partial charge in [0, 0.05) is 31.2 Å². The smallest absolute Gasteiger partial charge is 0.238 e. The Labute approximate surface area is 99.2 Å². The number of methoxy groups -OCH3 is 1. The molecule has 0 saturated heterocycles. The van der Waals surface area contributed by atoms with E-state index in [4.69, 9.17) is 4.74 Å². The molecule has 2 heterocycles. The first kappa shape index (κ1) is 11.5. The van der Waals surface area contributed by atoms with Crippen molar-refractivity contribution in [1.82, 2.24) is 15.0 Å². The number of rotatable bonds is 4. The topological polar surface area (TPSA) is 68.1 Å². The molecule has 0 spiro atoms. The molecule has 0 aliphatic rings. The van der Waals surface area contributed by atoms with Crippen LogP contribution in [0.2, 0.25) is 0 Å². The minimum absolute atomic E-state index is 0.351. The first-order valence-corrected chi connectivity index (χ1v) is 5.23. The fraction of sp³-hybridized carbons (Fsp3) is 0.250. The lowest BCUT2D eigenvalue weighted by Crippen LogP contribution is -2.07. The molecule has 2 rings (SSSR count). The molecule has 0 aliphatic heterocycles. The van der Waals surface area contributed by atoms with Crippen LogP contribution in [0.25, 0.3) is 0 Å². The van der Waals surface area contributed by atoms with Gasteiger partial charge in [0.1, 0.15) is 11.8 Å². The van der Waals surface area contributed by atoms with Gasteiger partial charge in [0.15, 0.2) is 0 Å². The van der Waals surface area contributed by atoms with Gasteiger partial charge in [-0.15, -0.1) is 0 Å². The van der Waals surface area contributed by atoms with Crippen molar-refractivity contribution in [3.63, 3.8) is 0 Å². The standard InChI is InChI=1S/C12H13N3O2/c1-17-12-11(14-5-6-15-12)10(16)7-9-3-2-4-13-8-9/h2-6,8,10,16H,7H2,1H3. The number of ether oxygens (including phenoxy) is 1. The molecule has 0 fully saturated rings. The maximum Gasteiger partial charge on any atom is 0.238 e. The Bertz CT molecular complexity index is 476. The minimum atomic E-state index is -0.747. The van der Waals surface area contributed by atoms with Gasteiger partial charge in [0.05, 0.1) is 7.11 Å². The van der Waals surface area contributed by atoms with Crippen molar-refractivity contribution in [1.29, 1.82) is 0 Å². The SMILES string of the molecule is COc1nccnc1C(O)Cc1cccnc1. The molecule has 1 unspecified atom stereocenters. The number of pyridine rings is 1. The molecular formula is C12H13N3O2. The first-order chi connectivity index (χ1) is 8.31. The van der Waals surface area contributed by atoms with E-state index in [1.54, 1.807) is 12.4 Å². The summed E-state index contributed by atoms with van der Waals surface area (Å²) in [7, 11) is 1.50. The maximum atomic E-state index is 10.1. The van der Waals surface area contributed by atoms with Crippen molar-refractivity contribution < 1.29 is 9.84 Å². The van der Waals surface area contributed by atoms with Gasteiger partial charge in [-0.2, -0.15) is 0 Å². The van der Waals surface area contributed by atoms with E-state index in [9.17, 15) is 5.11 Å². The van der Waals surface area contributed by atoms with Gasteiger partial charge < -0.3 is 9.84 Å². The number of aliphatic hydroxyl groups is 1. The maximum absolute atomic E-state index is 10.1. The summed E-state index contributed by atoms with van der Waals surface area (Å²) < 4.78 is 5.05. The van der Waals surface area contributed by atoms with Crippen LogP contribution in [0.15, 0.2) is 36.9 Å². The zero-order valence-electron chi connectivity index (χ0n) is 9.45. The highest BCUT2D eigenvalue weighted by atomic mass is 16.5. The Morgan fingerprint density at radius 1 is 1.29 bits per heavy atom. The molecule has 88 valence electrons. The van der Waals surface area contributed by atoms with Gasteiger partial charge in [-0.3, -0.25) is 9.97 Å². The highest BCUT2D eigenvalue weighted by Gasteiger charge is 2.16. The second-order valence-corrected chi connectivity index (χ2v) is 3.53. The summed E-state index contributed by atoms with van der Waals surface area (Å²) in [6.07, 6.45) is 6.15. The largest absolute Gasteiger partial charge is 0.480 e. The molecule has 0 aromatic carbocycles. The molecule has 5 nitrogen and oxygen atoms in total. The van der Waals surface area contributed by atoms with Crippen molar-refractivity contribution in [2.75, 3.05) is 7.11 Å². The molecule has 0 radical (unpaired) electrons. The van der Waals surface area contributed by atoms with E-state index in [1.807, 2.05) is 12.1 Å². The molecule has 5 heteroatoms. The number of aromatic nitrogens is 3. The van der Waals surface area contributed by atoms with Crippen molar-refractivity contribution in [2.45, 2.75) is 12.5 Å². The average molecular weight is 231 g/mol. The lowest BCUT2D eigenvalue weighted by Gasteiger charge is -2.12. The van der Waals surface area contributed by atoms with Crippen LogP contribution in [0, 0.1) is 0 Å². The summed E-state index contributed by atoms with van der Waals surface area (Å²) in [5.74, 6) is 0.351. The minimum Gasteiger partial charge on any atom is -0.480 e. The molecule has 2 aromatic rings. The van der Waals surface area contributed by atoms with Crippen molar-refractivity contribution in [3.05, 3.63) is 48.2 Å². The number of hydrogen-bond acceptors (Lipinski definition) is 5. The van der Waals surface area contributed by atoms with Crippen LogP contribution in [0.1, 0.15) is 17.4 Å². The molecule has 0 saturated carbocycles. The van der Waals surface area contributed by atoms with E-state index in [0.29, 0.717) is 18.0 Å². The summed E-state index contributed by atoms with van der Waals surface area (Å²) in [5.41, 5.74) is 1.38. The third-order valence-corrected chi connectivity index (χ3v) is 2.35. The molecule has 0 aliphatic carbocycles. The van der Waals surface area contributed by atoms with E-state index in [0.717, 1.165) is 5.56 Å². The predicted octanol–water partition coefficient (Wildman–Crippen LogP) is 1.16. The quantitative estimate of drug-likeness (QED) is 0.855. The van der Waals surface area contributed by atoms with Gasteiger partial charge in [-0.25, -0.2) is 4.98 Å². The summed E-state index contributed by atoms with van der Waals surface area (Å²) in [6, 6.07) is 3.73. The fourth-order valence-corrected chi connectivity index (χ4v) is 1.56. The van der Waals surface area contributed by atoms with E-state index >= 15 is 0 Å². The van der Waals surface area contributed by atoms with Crippen molar-refractivity contribution in [2.24, 2.45) is 0 Å². The van der Waals surface area contributed by atoms with Crippen molar-refractivity contribution >= 4 is 0 Å². The molecular weight excluding hydrogens is 218 g/mol. The van der Waals surface area contributed by atoms with Gasteiger partial charge in [-0.1, -0.05) is 6.07 Å². The molecule has 0 bridgehead atoms. The molecule has 2 aromatic heterocycles. The third kappa shape index (κ3) is 2.76. The number of aliphatic hydroxyl groups excluding tert-OH is 1. The summed E-state index contributed by atoms with van der Waals surface area (Å²) >= 11 is 0. The van der Waals surface area contributed by atoms with Gasteiger partial charge in [-0.05, 0) is 11.6 Å². The van der Waals surface area contributed by atoms with Crippen LogP contribution >= 0.6 is 0 Å². The van der Waals surface area contributed by atoms with Crippen LogP contribution in [0.4, 0.5) is 0 Å². The second-order valence-electron chi connectivity index (χ2n) is 3.53. The highest BCUT2D eigenvalue weighted by Crippen LogP contribution is 2.22. The zero-order chi connectivity index (χ0) is 12.1. The predicted molar refractivity (Wildman–Crippen MR) is 61.5 cm³/mol. The Morgan fingerprint density at radius 2 is 2.12 bits per heavy atom. The van der Waals surface area contributed by atoms with Crippen LogP contribution in [0.5, 0.6) is 5.88 Å². The monoisotopic (exact) mass is 231 g/mol. The fourth-order valence-electron chi connectivity index (χ4n) is 1.56. The van der Waals surface area contributed by atoms with Crippen LogP contribution in [-0.4, -0.2) is 27.2 Å². The van der Waals surface area contributed by atoms with Crippen LogP contribution < -0.4 is 4.74 Å².